The number of hydrogen-bond donors (Lipinski definition) is 1. The topological polar surface area (TPSA) is 52.3 Å². The second kappa shape index (κ2) is 5.35. The highest BCUT2D eigenvalue weighted by Gasteiger charge is 2.22. The van der Waals surface area contributed by atoms with E-state index in [1.165, 1.54) is 0 Å². The third-order valence-corrected chi connectivity index (χ3v) is 2.03. The lowest BCUT2D eigenvalue weighted by molar-refractivity contribution is -0.124. The summed E-state index contributed by atoms with van der Waals surface area (Å²) in [5.74, 6) is 0.0873. The van der Waals surface area contributed by atoms with Gasteiger partial charge < -0.3 is 10.5 Å². The second-order valence-corrected chi connectivity index (χ2v) is 4.35. The maximum Gasteiger partial charge on any atom is 0.160 e. The summed E-state index contributed by atoms with van der Waals surface area (Å²) in [6.07, 6.45) is 0.406. The first kappa shape index (κ1) is 12.6. The molecule has 0 fully saturated rings. The molecule has 0 aromatic heterocycles. The molecular formula is C10H21NO2. The van der Waals surface area contributed by atoms with Crippen molar-refractivity contribution < 1.29 is 9.53 Å². The summed E-state index contributed by atoms with van der Waals surface area (Å²) in [6, 6.07) is -0.0829. The van der Waals surface area contributed by atoms with Crippen LogP contribution in [-0.4, -0.2) is 25.0 Å². The van der Waals surface area contributed by atoms with Crippen molar-refractivity contribution in [3.8, 4) is 0 Å². The Morgan fingerprint density at radius 1 is 1.46 bits per heavy atom. The Balaban J connectivity index is 3.79. The van der Waals surface area contributed by atoms with Crippen molar-refractivity contribution >= 4 is 5.78 Å². The van der Waals surface area contributed by atoms with Crippen molar-refractivity contribution in [3.05, 3.63) is 0 Å². The lowest BCUT2D eigenvalue weighted by Gasteiger charge is -2.26. The third kappa shape index (κ3) is 5.77. The van der Waals surface area contributed by atoms with Gasteiger partial charge in [0.25, 0.3) is 0 Å². The molecule has 0 aliphatic heterocycles. The Bertz CT molecular complexity index is 161. The predicted octanol–water partition coefficient (Wildman–Crippen LogP) is 1.36. The summed E-state index contributed by atoms with van der Waals surface area (Å²) in [7, 11) is 0. The van der Waals surface area contributed by atoms with E-state index in [9.17, 15) is 4.79 Å². The highest BCUT2D eigenvalue weighted by atomic mass is 16.5. The van der Waals surface area contributed by atoms with Crippen molar-refractivity contribution in [2.24, 2.45) is 11.1 Å². The first-order valence-electron chi connectivity index (χ1n) is 4.73. The van der Waals surface area contributed by atoms with E-state index in [-0.39, 0.29) is 23.8 Å². The van der Waals surface area contributed by atoms with E-state index >= 15 is 0 Å². The molecule has 2 N–H and O–H groups in total. The molecule has 0 amide bonds. The largest absolute Gasteiger partial charge is 0.374 e. The van der Waals surface area contributed by atoms with Crippen LogP contribution < -0.4 is 5.73 Å². The minimum atomic E-state index is -0.0829. The molecule has 0 saturated heterocycles. The molecule has 0 saturated carbocycles. The van der Waals surface area contributed by atoms with Gasteiger partial charge in [-0.15, -0.1) is 0 Å². The Hall–Kier alpha value is -0.410. The SMILES string of the molecule is CCOCC(=O)CC(N)C(C)(C)C. The Morgan fingerprint density at radius 2 is 2.00 bits per heavy atom. The zero-order chi connectivity index (χ0) is 10.5. The minimum Gasteiger partial charge on any atom is -0.374 e. The molecule has 0 aliphatic rings. The van der Waals surface area contributed by atoms with Crippen molar-refractivity contribution in [2.45, 2.75) is 40.2 Å². The van der Waals surface area contributed by atoms with Crippen molar-refractivity contribution in [1.29, 1.82) is 0 Å². The molecule has 0 aromatic rings. The van der Waals surface area contributed by atoms with Gasteiger partial charge in [-0.3, -0.25) is 4.79 Å². The number of rotatable bonds is 5. The van der Waals surface area contributed by atoms with Gasteiger partial charge >= 0.3 is 0 Å². The third-order valence-electron chi connectivity index (χ3n) is 2.03. The molecule has 0 bridgehead atoms. The fraction of sp³-hybridized carbons (Fsp3) is 0.900. The first-order valence-corrected chi connectivity index (χ1v) is 4.73. The van der Waals surface area contributed by atoms with Crippen LogP contribution in [0.4, 0.5) is 0 Å². The van der Waals surface area contributed by atoms with Gasteiger partial charge in [0.1, 0.15) is 6.61 Å². The van der Waals surface area contributed by atoms with E-state index < -0.39 is 0 Å². The predicted molar refractivity (Wildman–Crippen MR) is 53.5 cm³/mol. The highest BCUT2D eigenvalue weighted by molar-refractivity contribution is 5.80. The average molecular weight is 187 g/mol. The van der Waals surface area contributed by atoms with E-state index in [0.717, 1.165) is 0 Å². The maximum atomic E-state index is 11.3. The van der Waals surface area contributed by atoms with Crippen LogP contribution in [-0.2, 0) is 9.53 Å². The van der Waals surface area contributed by atoms with Crippen molar-refractivity contribution in [2.75, 3.05) is 13.2 Å². The fourth-order valence-corrected chi connectivity index (χ4v) is 0.826. The summed E-state index contributed by atoms with van der Waals surface area (Å²) in [4.78, 5) is 11.3. The van der Waals surface area contributed by atoms with Crippen molar-refractivity contribution in [3.63, 3.8) is 0 Å². The van der Waals surface area contributed by atoms with Crippen LogP contribution in [0.25, 0.3) is 0 Å². The van der Waals surface area contributed by atoms with E-state index in [1.54, 1.807) is 0 Å². The molecule has 0 rings (SSSR count). The van der Waals surface area contributed by atoms with Crippen LogP contribution in [0, 0.1) is 5.41 Å². The van der Waals surface area contributed by atoms with Gasteiger partial charge in [-0.25, -0.2) is 0 Å². The molecule has 3 heteroatoms. The standard InChI is InChI=1S/C10H21NO2/c1-5-13-7-8(12)6-9(11)10(2,3)4/h9H,5-7,11H2,1-4H3. The molecule has 0 aromatic carbocycles. The van der Waals surface area contributed by atoms with Gasteiger partial charge in [0.2, 0.25) is 0 Å². The maximum absolute atomic E-state index is 11.3. The zero-order valence-corrected chi connectivity index (χ0v) is 9.09. The van der Waals surface area contributed by atoms with Crippen LogP contribution in [0.3, 0.4) is 0 Å². The molecule has 1 atom stereocenters. The molecule has 78 valence electrons. The van der Waals surface area contributed by atoms with Gasteiger partial charge in [0.15, 0.2) is 5.78 Å². The molecule has 1 unspecified atom stereocenters. The van der Waals surface area contributed by atoms with Crippen molar-refractivity contribution in [1.82, 2.24) is 0 Å². The summed E-state index contributed by atoms with van der Waals surface area (Å²) in [6.45, 7) is 8.75. The van der Waals surface area contributed by atoms with E-state index in [1.807, 2.05) is 27.7 Å². The molecule has 13 heavy (non-hydrogen) atoms. The Morgan fingerprint density at radius 3 is 2.38 bits per heavy atom. The first-order chi connectivity index (χ1) is 5.88. The van der Waals surface area contributed by atoms with Crippen LogP contribution in [0.2, 0.25) is 0 Å². The van der Waals surface area contributed by atoms with E-state index in [0.29, 0.717) is 13.0 Å². The van der Waals surface area contributed by atoms with Gasteiger partial charge in [-0.1, -0.05) is 20.8 Å². The normalized spacial score (nSPS) is 14.2. The monoisotopic (exact) mass is 187 g/mol. The highest BCUT2D eigenvalue weighted by Crippen LogP contribution is 2.19. The molecule has 0 radical (unpaired) electrons. The van der Waals surface area contributed by atoms with Crippen LogP contribution >= 0.6 is 0 Å². The summed E-state index contributed by atoms with van der Waals surface area (Å²) in [5, 5.41) is 0. The number of Topliss-reactive ketones (excluding diaryl/α,β-unsaturated/α-hetero) is 1. The van der Waals surface area contributed by atoms with Gasteiger partial charge in [-0.2, -0.15) is 0 Å². The summed E-state index contributed by atoms with van der Waals surface area (Å²) >= 11 is 0. The second-order valence-electron chi connectivity index (χ2n) is 4.35. The number of carbonyl (C=O) groups excluding carboxylic acids is 1. The quantitative estimate of drug-likeness (QED) is 0.707. The number of hydrogen-bond acceptors (Lipinski definition) is 3. The molecular weight excluding hydrogens is 166 g/mol. The zero-order valence-electron chi connectivity index (χ0n) is 9.09. The van der Waals surface area contributed by atoms with Crippen LogP contribution in [0.5, 0.6) is 0 Å². The fourth-order valence-electron chi connectivity index (χ4n) is 0.826. The number of nitrogens with two attached hydrogens (primary N) is 1. The van der Waals surface area contributed by atoms with Gasteiger partial charge in [0, 0.05) is 19.1 Å². The number of carbonyl (C=O) groups is 1. The number of ether oxygens (including phenoxy) is 1. The van der Waals surface area contributed by atoms with Gasteiger partial charge in [-0.05, 0) is 12.3 Å². The van der Waals surface area contributed by atoms with E-state index in [2.05, 4.69) is 0 Å². The number of ketones is 1. The molecule has 3 nitrogen and oxygen atoms in total. The van der Waals surface area contributed by atoms with E-state index in [4.69, 9.17) is 10.5 Å². The average Bonchev–Trinajstić information content (AvgIpc) is 1.99. The molecule has 0 spiro atoms. The lowest BCUT2D eigenvalue weighted by Crippen LogP contribution is -2.37. The summed E-state index contributed by atoms with van der Waals surface area (Å²) < 4.78 is 5.00. The Kier molecular flexibility index (Phi) is 5.18. The van der Waals surface area contributed by atoms with Gasteiger partial charge in [0.05, 0.1) is 0 Å². The summed E-state index contributed by atoms with van der Waals surface area (Å²) in [5.41, 5.74) is 5.83. The van der Waals surface area contributed by atoms with Crippen LogP contribution in [0.15, 0.2) is 0 Å². The Labute approximate surface area is 80.6 Å². The smallest absolute Gasteiger partial charge is 0.160 e. The molecule has 0 aliphatic carbocycles. The van der Waals surface area contributed by atoms with Crippen LogP contribution in [0.1, 0.15) is 34.1 Å². The minimum absolute atomic E-state index is 0.0120. The molecule has 0 heterocycles. The lowest BCUT2D eigenvalue weighted by atomic mass is 9.84.